The predicted molar refractivity (Wildman–Crippen MR) is 104 cm³/mol. The van der Waals surface area contributed by atoms with Gasteiger partial charge in [-0.25, -0.2) is 19.9 Å². The van der Waals surface area contributed by atoms with Gasteiger partial charge < -0.3 is 14.9 Å². The number of rotatable bonds is 4. The molecule has 2 aromatic rings. The van der Waals surface area contributed by atoms with Crippen molar-refractivity contribution in [2.45, 2.75) is 18.4 Å². The van der Waals surface area contributed by atoms with Crippen LogP contribution in [-0.4, -0.2) is 81.4 Å². The van der Waals surface area contributed by atoms with Crippen LogP contribution in [0.4, 0.5) is 11.8 Å². The Morgan fingerprint density at radius 3 is 2.46 bits per heavy atom. The summed E-state index contributed by atoms with van der Waals surface area (Å²) in [5.41, 5.74) is -0.517. The molecule has 1 N–H and O–H groups in total. The first-order valence-corrected chi connectivity index (χ1v) is 9.60. The molecule has 9 heteroatoms. The van der Waals surface area contributed by atoms with Crippen LogP contribution in [0.5, 0.6) is 0 Å². The Bertz CT molecular complexity index is 833. The van der Waals surface area contributed by atoms with Crippen LogP contribution in [0, 0.1) is 11.3 Å². The molecule has 0 aromatic carbocycles. The van der Waals surface area contributed by atoms with Crippen molar-refractivity contribution in [3.8, 4) is 6.07 Å². The van der Waals surface area contributed by atoms with Crippen molar-refractivity contribution in [2.75, 3.05) is 55.6 Å². The highest BCUT2D eigenvalue weighted by atomic mass is 16.3. The Balaban J connectivity index is 1.37. The average molecular weight is 380 g/mol. The summed E-state index contributed by atoms with van der Waals surface area (Å²) >= 11 is 0. The van der Waals surface area contributed by atoms with Crippen molar-refractivity contribution < 1.29 is 5.11 Å². The molecule has 9 nitrogen and oxygen atoms in total. The minimum atomic E-state index is -0.825. The van der Waals surface area contributed by atoms with Crippen LogP contribution in [0.25, 0.3) is 0 Å². The van der Waals surface area contributed by atoms with Gasteiger partial charge in [0.15, 0.2) is 11.5 Å². The fourth-order valence-corrected chi connectivity index (χ4v) is 4.04. The van der Waals surface area contributed by atoms with E-state index < -0.39 is 5.60 Å². The zero-order valence-electron chi connectivity index (χ0n) is 15.8. The van der Waals surface area contributed by atoms with Crippen molar-refractivity contribution in [1.82, 2.24) is 24.8 Å². The molecule has 146 valence electrons. The number of hydrogen-bond acceptors (Lipinski definition) is 9. The summed E-state index contributed by atoms with van der Waals surface area (Å²) in [6.07, 6.45) is 8.23. The molecule has 0 spiro atoms. The third-order valence-electron chi connectivity index (χ3n) is 5.36. The molecule has 0 aliphatic carbocycles. The third-order valence-corrected chi connectivity index (χ3v) is 5.36. The molecule has 0 saturated carbocycles. The molecule has 2 aliphatic rings. The van der Waals surface area contributed by atoms with Crippen molar-refractivity contribution in [3.05, 3.63) is 36.5 Å². The van der Waals surface area contributed by atoms with Gasteiger partial charge in [-0.05, 0) is 18.9 Å². The van der Waals surface area contributed by atoms with Gasteiger partial charge in [0.2, 0.25) is 5.95 Å². The topological polar surface area (TPSA) is 105 Å². The SMILES string of the molecule is N#Cc1nccnc1N1CCCC(O)(CN2CCN(c3ncccn3)CC2)C1. The number of piperidine rings is 1. The highest BCUT2D eigenvalue weighted by Gasteiger charge is 2.37. The number of aliphatic hydroxyl groups is 1. The van der Waals surface area contributed by atoms with Gasteiger partial charge in [0, 0.05) is 70.6 Å². The second-order valence-electron chi connectivity index (χ2n) is 7.40. The van der Waals surface area contributed by atoms with E-state index in [0.29, 0.717) is 24.6 Å². The van der Waals surface area contributed by atoms with E-state index in [9.17, 15) is 10.4 Å². The number of nitriles is 1. The summed E-state index contributed by atoms with van der Waals surface area (Å²) in [6, 6.07) is 3.92. The second-order valence-corrected chi connectivity index (χ2v) is 7.40. The van der Waals surface area contributed by atoms with E-state index in [0.717, 1.165) is 51.5 Å². The third kappa shape index (κ3) is 4.03. The van der Waals surface area contributed by atoms with Crippen LogP contribution in [0.3, 0.4) is 0 Å². The lowest BCUT2D eigenvalue weighted by Gasteiger charge is -2.44. The maximum atomic E-state index is 11.2. The molecular formula is C19H24N8O. The number of hydrogen-bond donors (Lipinski definition) is 1. The Kier molecular flexibility index (Phi) is 5.32. The van der Waals surface area contributed by atoms with Crippen LogP contribution >= 0.6 is 0 Å². The van der Waals surface area contributed by atoms with Crippen LogP contribution in [0.1, 0.15) is 18.5 Å². The number of nitrogens with zero attached hydrogens (tertiary/aromatic N) is 8. The zero-order valence-corrected chi connectivity index (χ0v) is 15.8. The summed E-state index contributed by atoms with van der Waals surface area (Å²) in [4.78, 5) is 23.5. The smallest absolute Gasteiger partial charge is 0.225 e. The van der Waals surface area contributed by atoms with Gasteiger partial charge in [-0.15, -0.1) is 0 Å². The highest BCUT2D eigenvalue weighted by Crippen LogP contribution is 2.27. The normalized spacial score (nSPS) is 23.4. The van der Waals surface area contributed by atoms with E-state index in [1.807, 2.05) is 11.0 Å². The molecule has 4 heterocycles. The van der Waals surface area contributed by atoms with Gasteiger partial charge in [-0.2, -0.15) is 5.26 Å². The summed E-state index contributed by atoms with van der Waals surface area (Å²) in [6.45, 7) is 5.23. The molecule has 1 unspecified atom stereocenters. The Morgan fingerprint density at radius 2 is 1.71 bits per heavy atom. The van der Waals surface area contributed by atoms with Crippen molar-refractivity contribution in [1.29, 1.82) is 5.26 Å². The summed E-state index contributed by atoms with van der Waals surface area (Å²) in [5.74, 6) is 1.32. The second kappa shape index (κ2) is 8.04. The molecule has 2 fully saturated rings. The average Bonchev–Trinajstić information content (AvgIpc) is 2.74. The fraction of sp³-hybridized carbons (Fsp3) is 0.526. The molecule has 2 aromatic heterocycles. The van der Waals surface area contributed by atoms with E-state index in [1.54, 1.807) is 18.6 Å². The van der Waals surface area contributed by atoms with Crippen LogP contribution < -0.4 is 9.80 Å². The van der Waals surface area contributed by atoms with Gasteiger partial charge in [0.1, 0.15) is 6.07 Å². The highest BCUT2D eigenvalue weighted by molar-refractivity contribution is 5.50. The lowest BCUT2D eigenvalue weighted by molar-refractivity contribution is -0.00905. The molecule has 2 aliphatic heterocycles. The number of β-amino-alcohol motifs (C(OH)–C–C–N with tert-alkyl or cyclic N) is 1. The lowest BCUT2D eigenvalue weighted by Crippen LogP contribution is -2.58. The molecule has 0 bridgehead atoms. The summed E-state index contributed by atoms with van der Waals surface area (Å²) in [5, 5.41) is 20.5. The Labute approximate surface area is 164 Å². The van der Waals surface area contributed by atoms with Crippen molar-refractivity contribution in [3.63, 3.8) is 0 Å². The van der Waals surface area contributed by atoms with Crippen molar-refractivity contribution >= 4 is 11.8 Å². The number of piperazine rings is 1. The fourth-order valence-electron chi connectivity index (χ4n) is 4.04. The van der Waals surface area contributed by atoms with Crippen LogP contribution in [-0.2, 0) is 0 Å². The molecular weight excluding hydrogens is 356 g/mol. The molecule has 1 atom stereocenters. The van der Waals surface area contributed by atoms with Gasteiger partial charge in [0.05, 0.1) is 5.60 Å². The number of anilines is 2. The molecule has 28 heavy (non-hydrogen) atoms. The quantitative estimate of drug-likeness (QED) is 0.801. The van der Waals surface area contributed by atoms with Gasteiger partial charge in [-0.1, -0.05) is 0 Å². The maximum Gasteiger partial charge on any atom is 0.225 e. The minimum absolute atomic E-state index is 0.309. The first-order valence-electron chi connectivity index (χ1n) is 9.60. The predicted octanol–water partition coefficient (Wildman–Crippen LogP) is 0.292. The van der Waals surface area contributed by atoms with E-state index in [2.05, 4.69) is 35.8 Å². The Morgan fingerprint density at radius 1 is 0.964 bits per heavy atom. The summed E-state index contributed by atoms with van der Waals surface area (Å²) < 4.78 is 0. The monoisotopic (exact) mass is 380 g/mol. The van der Waals surface area contributed by atoms with Gasteiger partial charge in [-0.3, -0.25) is 4.90 Å². The molecule has 0 amide bonds. The minimum Gasteiger partial charge on any atom is -0.387 e. The first-order chi connectivity index (χ1) is 13.7. The zero-order chi connectivity index (χ0) is 19.4. The molecule has 2 saturated heterocycles. The van der Waals surface area contributed by atoms with Crippen LogP contribution in [0.2, 0.25) is 0 Å². The maximum absolute atomic E-state index is 11.2. The molecule has 0 radical (unpaired) electrons. The van der Waals surface area contributed by atoms with E-state index in [4.69, 9.17) is 0 Å². The summed E-state index contributed by atoms with van der Waals surface area (Å²) in [7, 11) is 0. The first kappa shape index (κ1) is 18.5. The molecule has 4 rings (SSSR count). The van der Waals surface area contributed by atoms with Crippen molar-refractivity contribution in [2.24, 2.45) is 0 Å². The Hall–Kier alpha value is -2.83. The van der Waals surface area contributed by atoms with E-state index >= 15 is 0 Å². The van der Waals surface area contributed by atoms with Crippen LogP contribution in [0.15, 0.2) is 30.9 Å². The van der Waals surface area contributed by atoms with E-state index in [-0.39, 0.29) is 0 Å². The number of aromatic nitrogens is 4. The lowest BCUT2D eigenvalue weighted by atomic mass is 9.91. The van der Waals surface area contributed by atoms with E-state index in [1.165, 1.54) is 6.20 Å². The van der Waals surface area contributed by atoms with Gasteiger partial charge in [0.25, 0.3) is 0 Å². The largest absolute Gasteiger partial charge is 0.387 e. The van der Waals surface area contributed by atoms with Gasteiger partial charge >= 0.3 is 0 Å². The standard InChI is InChI=1S/C19H24N8O/c20-13-16-17(22-7-6-21-16)27-8-1-3-19(28,15-27)14-25-9-11-26(12-10-25)18-23-4-2-5-24-18/h2,4-7,28H,1,3,8-12,14-15H2.